The second-order valence-corrected chi connectivity index (χ2v) is 3.20. The molecule has 0 aliphatic carbocycles. The lowest BCUT2D eigenvalue weighted by molar-refractivity contribution is -0.121. The van der Waals surface area contributed by atoms with Crippen LogP contribution in [0.2, 0.25) is 0 Å². The number of anilines is 1. The number of hydrogen-bond donors (Lipinski definition) is 0. The number of carbonyl (C=O) groups is 1. The van der Waals surface area contributed by atoms with Crippen molar-refractivity contribution in [2.45, 2.75) is 12.6 Å². The van der Waals surface area contributed by atoms with E-state index in [4.69, 9.17) is 7.85 Å². The van der Waals surface area contributed by atoms with E-state index in [1.165, 1.54) is 11.1 Å². The van der Waals surface area contributed by atoms with Crippen molar-refractivity contribution in [3.05, 3.63) is 18.3 Å². The maximum Gasteiger partial charge on any atom is 0.262 e. The molecule has 0 N–H and O–H groups in total. The molecule has 14 heavy (non-hydrogen) atoms. The molecular formula is C9H8BFN2O. The number of carbonyl (C=O) groups excluding carboxylic acids is 1. The molecule has 1 fully saturated rings. The molecule has 1 aromatic rings. The highest BCUT2D eigenvalue weighted by atomic mass is 19.1. The lowest BCUT2D eigenvalue weighted by atomic mass is 9.99. The standard InChI is InChI=1S/C9H8BFN2O/c10-6-1-2-8(12-5-6)13-4-3-7(11)9(13)14/h1-2,5,7H,3-4H2. The van der Waals surface area contributed by atoms with Crippen molar-refractivity contribution in [2.75, 3.05) is 11.4 Å². The van der Waals surface area contributed by atoms with Crippen LogP contribution in [0.25, 0.3) is 0 Å². The second-order valence-electron chi connectivity index (χ2n) is 3.20. The second kappa shape index (κ2) is 3.40. The van der Waals surface area contributed by atoms with Crippen molar-refractivity contribution in [1.82, 2.24) is 4.98 Å². The molecular weight excluding hydrogens is 182 g/mol. The minimum atomic E-state index is -1.38. The van der Waals surface area contributed by atoms with Gasteiger partial charge >= 0.3 is 0 Å². The number of alkyl halides is 1. The van der Waals surface area contributed by atoms with E-state index in [-0.39, 0.29) is 6.42 Å². The van der Waals surface area contributed by atoms with Gasteiger partial charge in [0.25, 0.3) is 5.91 Å². The molecule has 1 aromatic heterocycles. The van der Waals surface area contributed by atoms with E-state index in [9.17, 15) is 9.18 Å². The van der Waals surface area contributed by atoms with Gasteiger partial charge in [0.05, 0.1) is 0 Å². The van der Waals surface area contributed by atoms with Gasteiger partial charge in [-0.3, -0.25) is 9.69 Å². The van der Waals surface area contributed by atoms with Gasteiger partial charge in [-0.2, -0.15) is 0 Å². The monoisotopic (exact) mass is 190 g/mol. The zero-order valence-electron chi connectivity index (χ0n) is 7.48. The molecule has 70 valence electrons. The fourth-order valence-electron chi connectivity index (χ4n) is 1.43. The van der Waals surface area contributed by atoms with Gasteiger partial charge in [0.15, 0.2) is 6.17 Å². The molecule has 0 spiro atoms. The van der Waals surface area contributed by atoms with E-state index in [2.05, 4.69) is 4.98 Å². The summed E-state index contributed by atoms with van der Waals surface area (Å²) >= 11 is 0. The summed E-state index contributed by atoms with van der Waals surface area (Å²) in [4.78, 5) is 16.6. The van der Waals surface area contributed by atoms with Gasteiger partial charge in [-0.05, 0) is 6.07 Å². The summed E-state index contributed by atoms with van der Waals surface area (Å²) in [5, 5.41) is 0. The molecule has 1 unspecified atom stereocenters. The Morgan fingerprint density at radius 2 is 2.36 bits per heavy atom. The van der Waals surface area contributed by atoms with Crippen LogP contribution in [0.15, 0.2) is 18.3 Å². The van der Waals surface area contributed by atoms with Crippen LogP contribution in [0.4, 0.5) is 10.2 Å². The van der Waals surface area contributed by atoms with Gasteiger partial charge in [0.1, 0.15) is 13.7 Å². The molecule has 2 rings (SSSR count). The third-order valence-electron chi connectivity index (χ3n) is 2.19. The topological polar surface area (TPSA) is 33.2 Å². The average Bonchev–Trinajstić information content (AvgIpc) is 2.50. The fourth-order valence-corrected chi connectivity index (χ4v) is 1.43. The first-order valence-electron chi connectivity index (χ1n) is 4.35. The van der Waals surface area contributed by atoms with E-state index in [1.54, 1.807) is 12.1 Å². The third-order valence-corrected chi connectivity index (χ3v) is 2.19. The van der Waals surface area contributed by atoms with Crippen molar-refractivity contribution in [1.29, 1.82) is 0 Å². The van der Waals surface area contributed by atoms with E-state index in [0.29, 0.717) is 17.8 Å². The predicted molar refractivity (Wildman–Crippen MR) is 51.5 cm³/mol. The van der Waals surface area contributed by atoms with E-state index >= 15 is 0 Å². The molecule has 0 bridgehead atoms. The zero-order chi connectivity index (χ0) is 10.1. The maximum atomic E-state index is 12.9. The van der Waals surface area contributed by atoms with Crippen molar-refractivity contribution in [3.8, 4) is 0 Å². The minimum Gasteiger partial charge on any atom is -0.294 e. The number of nitrogens with zero attached hydrogens (tertiary/aromatic N) is 2. The molecule has 1 aliphatic heterocycles. The summed E-state index contributed by atoms with van der Waals surface area (Å²) in [6, 6.07) is 3.26. The number of aromatic nitrogens is 1. The Kier molecular flexibility index (Phi) is 2.23. The van der Waals surface area contributed by atoms with Crippen LogP contribution >= 0.6 is 0 Å². The first-order valence-corrected chi connectivity index (χ1v) is 4.35. The summed E-state index contributed by atoms with van der Waals surface area (Å²) in [6.07, 6.45) is 0.313. The Bertz CT molecular complexity index is 354. The Morgan fingerprint density at radius 1 is 1.57 bits per heavy atom. The SMILES string of the molecule is [B]c1ccc(N2CCC(F)C2=O)nc1. The summed E-state index contributed by atoms with van der Waals surface area (Å²) in [5.74, 6) is -0.0494. The predicted octanol–water partition coefficient (Wildman–Crippen LogP) is -0.0498. The molecule has 1 aliphatic rings. The number of pyridine rings is 1. The molecule has 5 heteroatoms. The first kappa shape index (κ1) is 9.18. The molecule has 2 radical (unpaired) electrons. The molecule has 1 atom stereocenters. The Labute approximate surface area is 82.3 Å². The van der Waals surface area contributed by atoms with Gasteiger partial charge < -0.3 is 0 Å². The lowest BCUT2D eigenvalue weighted by Gasteiger charge is -2.13. The average molecular weight is 190 g/mol. The van der Waals surface area contributed by atoms with Crippen molar-refractivity contribution >= 4 is 25.0 Å². The maximum absolute atomic E-state index is 12.9. The molecule has 2 heterocycles. The van der Waals surface area contributed by atoms with Gasteiger partial charge in [0.2, 0.25) is 0 Å². The Balaban J connectivity index is 2.24. The Hall–Kier alpha value is -1.39. The van der Waals surface area contributed by atoms with Crippen molar-refractivity contribution in [2.24, 2.45) is 0 Å². The summed E-state index contributed by atoms with van der Waals surface area (Å²) in [5.41, 5.74) is 0.525. The highest BCUT2D eigenvalue weighted by Gasteiger charge is 2.32. The van der Waals surface area contributed by atoms with E-state index < -0.39 is 12.1 Å². The highest BCUT2D eigenvalue weighted by molar-refractivity contribution is 6.32. The van der Waals surface area contributed by atoms with Crippen LogP contribution in [-0.4, -0.2) is 31.5 Å². The quantitative estimate of drug-likeness (QED) is 0.581. The van der Waals surface area contributed by atoms with Crippen molar-refractivity contribution in [3.63, 3.8) is 0 Å². The molecule has 0 aromatic carbocycles. The van der Waals surface area contributed by atoms with Crippen molar-refractivity contribution < 1.29 is 9.18 Å². The molecule has 1 saturated heterocycles. The van der Waals surface area contributed by atoms with Crippen LogP contribution in [-0.2, 0) is 4.79 Å². The summed E-state index contributed by atoms with van der Waals surface area (Å²) < 4.78 is 12.9. The van der Waals surface area contributed by atoms with Crippen LogP contribution in [0, 0.1) is 0 Å². The van der Waals surface area contributed by atoms with Crippen LogP contribution in [0.3, 0.4) is 0 Å². The minimum absolute atomic E-state index is 0.241. The fraction of sp³-hybridized carbons (Fsp3) is 0.333. The highest BCUT2D eigenvalue weighted by Crippen LogP contribution is 2.19. The molecule has 3 nitrogen and oxygen atoms in total. The largest absolute Gasteiger partial charge is 0.294 e. The van der Waals surface area contributed by atoms with E-state index in [1.807, 2.05) is 0 Å². The molecule has 0 saturated carbocycles. The summed E-state index contributed by atoms with van der Waals surface area (Å²) in [6.45, 7) is 0.386. The number of rotatable bonds is 1. The van der Waals surface area contributed by atoms with E-state index in [0.717, 1.165) is 0 Å². The zero-order valence-corrected chi connectivity index (χ0v) is 7.48. The Morgan fingerprint density at radius 3 is 2.86 bits per heavy atom. The smallest absolute Gasteiger partial charge is 0.262 e. The lowest BCUT2D eigenvalue weighted by Crippen LogP contribution is -2.28. The number of halogens is 1. The normalized spacial score (nSPS) is 21.6. The summed E-state index contributed by atoms with van der Waals surface area (Å²) in [7, 11) is 5.45. The van der Waals surface area contributed by atoms with Gasteiger partial charge in [-0.1, -0.05) is 11.5 Å². The van der Waals surface area contributed by atoms with Crippen LogP contribution < -0.4 is 10.4 Å². The van der Waals surface area contributed by atoms with Gasteiger partial charge in [-0.25, -0.2) is 9.37 Å². The van der Waals surface area contributed by atoms with Crippen LogP contribution in [0.5, 0.6) is 0 Å². The molecule has 1 amide bonds. The third kappa shape index (κ3) is 1.50. The van der Waals surface area contributed by atoms with Crippen LogP contribution in [0.1, 0.15) is 6.42 Å². The van der Waals surface area contributed by atoms with Gasteiger partial charge in [-0.15, -0.1) is 0 Å². The number of amides is 1. The first-order chi connectivity index (χ1) is 6.68. The number of hydrogen-bond acceptors (Lipinski definition) is 2. The van der Waals surface area contributed by atoms with Gasteiger partial charge in [0, 0.05) is 19.2 Å².